The molecule has 24 heavy (non-hydrogen) atoms. The van der Waals surface area contributed by atoms with Crippen molar-refractivity contribution in [3.8, 4) is 11.5 Å². The van der Waals surface area contributed by atoms with Crippen LogP contribution in [0.15, 0.2) is 47.4 Å². The molecule has 0 heterocycles. The minimum Gasteiger partial charge on any atom is -0.506 e. The van der Waals surface area contributed by atoms with Crippen LogP contribution in [-0.4, -0.2) is 32.4 Å². The van der Waals surface area contributed by atoms with Gasteiger partial charge in [0, 0.05) is 0 Å². The molecule has 0 atom stereocenters. The number of amides is 2. The molecule has 128 valence electrons. The van der Waals surface area contributed by atoms with Crippen molar-refractivity contribution in [1.82, 2.24) is 0 Å². The molecule has 0 unspecified atom stereocenters. The third kappa shape index (κ3) is 3.43. The number of phenolic OH excluding ortho intramolecular Hbond substituents is 1. The molecule has 3 N–H and O–H groups in total. The average Bonchev–Trinajstić information content (AvgIpc) is 2.57. The third-order valence-corrected chi connectivity index (χ3v) is 5.21. The normalized spacial score (nSPS) is 11.1. The van der Waals surface area contributed by atoms with Gasteiger partial charge in [0.2, 0.25) is 0 Å². The minimum absolute atomic E-state index is 0.00226. The number of rotatable bonds is 5. The van der Waals surface area contributed by atoms with Gasteiger partial charge >= 0.3 is 6.03 Å². The summed E-state index contributed by atoms with van der Waals surface area (Å²) >= 11 is 0. The summed E-state index contributed by atoms with van der Waals surface area (Å²) in [5.74, 6) is 0.213. The molecule has 2 aromatic rings. The van der Waals surface area contributed by atoms with Crippen LogP contribution in [0.1, 0.15) is 6.92 Å². The Kier molecular flexibility index (Phi) is 4.99. The molecule has 0 aliphatic heterocycles. The lowest BCUT2D eigenvalue weighted by Crippen LogP contribution is -2.31. The van der Waals surface area contributed by atoms with E-state index in [2.05, 4.69) is 0 Å². The molecule has 0 radical (unpaired) electrons. The van der Waals surface area contributed by atoms with E-state index in [-0.39, 0.29) is 22.1 Å². The van der Waals surface area contributed by atoms with Crippen LogP contribution in [0.25, 0.3) is 0 Å². The third-order valence-electron chi connectivity index (χ3n) is 3.48. The number of ether oxygens (including phenoxy) is 1. The number of hydrogen-bond acceptors (Lipinski definition) is 5. The molecule has 8 heteroatoms. The maximum atomic E-state index is 12.0. The number of anilines is 2. The molecule has 0 fully saturated rings. The summed E-state index contributed by atoms with van der Waals surface area (Å²) in [6, 6.07) is 9.25. The van der Waals surface area contributed by atoms with Crippen molar-refractivity contribution >= 4 is 27.2 Å². The first-order valence-electron chi connectivity index (χ1n) is 7.09. The monoisotopic (exact) mass is 350 g/mol. The van der Waals surface area contributed by atoms with Crippen molar-refractivity contribution in [3.63, 3.8) is 0 Å². The molecule has 2 aromatic carbocycles. The number of methoxy groups -OCH3 is 1. The smallest absolute Gasteiger partial charge is 0.324 e. The highest BCUT2D eigenvalue weighted by Gasteiger charge is 2.22. The maximum Gasteiger partial charge on any atom is 0.324 e. The van der Waals surface area contributed by atoms with Gasteiger partial charge < -0.3 is 15.6 Å². The van der Waals surface area contributed by atoms with Crippen molar-refractivity contribution in [1.29, 1.82) is 0 Å². The second kappa shape index (κ2) is 6.79. The summed E-state index contributed by atoms with van der Waals surface area (Å²) in [7, 11) is -1.99. The number of benzene rings is 2. The highest BCUT2D eigenvalue weighted by Crippen LogP contribution is 2.35. The van der Waals surface area contributed by atoms with E-state index in [1.807, 2.05) is 0 Å². The van der Waals surface area contributed by atoms with E-state index < -0.39 is 15.9 Å². The molecule has 0 bridgehead atoms. The summed E-state index contributed by atoms with van der Waals surface area (Å²) in [5, 5.41) is 10.1. The van der Waals surface area contributed by atoms with Crippen molar-refractivity contribution in [2.75, 3.05) is 17.8 Å². The van der Waals surface area contributed by atoms with E-state index in [1.165, 1.54) is 32.2 Å². The standard InChI is InChI=1S/C16H18N2O5S/c1-3-24(21,22)13-8-9-15(19)14(10-13)18(16(17)20)11-4-6-12(23-2)7-5-11/h4-10,19H,3H2,1-2H3,(H2,17,20). The number of nitrogens with zero attached hydrogens (tertiary/aromatic N) is 1. The molecule has 0 aliphatic rings. The minimum atomic E-state index is -3.50. The Labute approximate surface area is 140 Å². The second-order valence-electron chi connectivity index (χ2n) is 4.93. The van der Waals surface area contributed by atoms with E-state index in [9.17, 15) is 18.3 Å². The van der Waals surface area contributed by atoms with Crippen LogP contribution < -0.4 is 15.4 Å². The van der Waals surface area contributed by atoms with Gasteiger partial charge in [-0.1, -0.05) is 6.92 Å². The first-order chi connectivity index (χ1) is 11.3. The van der Waals surface area contributed by atoms with Gasteiger partial charge in [0.25, 0.3) is 0 Å². The summed E-state index contributed by atoms with van der Waals surface area (Å²) < 4.78 is 29.1. The van der Waals surface area contributed by atoms with Crippen molar-refractivity contribution < 1.29 is 23.1 Å². The molecule has 0 aliphatic carbocycles. The van der Waals surface area contributed by atoms with E-state index >= 15 is 0 Å². The van der Waals surface area contributed by atoms with Gasteiger partial charge in [-0.3, -0.25) is 4.90 Å². The van der Waals surface area contributed by atoms with Crippen LogP contribution in [0.3, 0.4) is 0 Å². The zero-order chi connectivity index (χ0) is 17.9. The van der Waals surface area contributed by atoms with Gasteiger partial charge in [-0.25, -0.2) is 13.2 Å². The fourth-order valence-corrected chi connectivity index (χ4v) is 3.06. The van der Waals surface area contributed by atoms with E-state index in [0.717, 1.165) is 4.90 Å². The number of carbonyl (C=O) groups excluding carboxylic acids is 1. The highest BCUT2D eigenvalue weighted by molar-refractivity contribution is 7.91. The number of primary amides is 1. The molecule has 0 spiro atoms. The highest BCUT2D eigenvalue weighted by atomic mass is 32.2. The molecule has 2 rings (SSSR count). The molecule has 0 saturated carbocycles. The zero-order valence-corrected chi connectivity index (χ0v) is 14.1. The largest absolute Gasteiger partial charge is 0.506 e. The first-order valence-corrected chi connectivity index (χ1v) is 8.74. The van der Waals surface area contributed by atoms with Crippen molar-refractivity contribution in [2.24, 2.45) is 5.73 Å². The number of phenols is 1. The Morgan fingerprint density at radius 3 is 2.33 bits per heavy atom. The number of hydrogen-bond donors (Lipinski definition) is 2. The lowest BCUT2D eigenvalue weighted by Gasteiger charge is -2.22. The predicted molar refractivity (Wildman–Crippen MR) is 90.6 cm³/mol. The van der Waals surface area contributed by atoms with Crippen LogP contribution in [0, 0.1) is 0 Å². The van der Waals surface area contributed by atoms with E-state index in [1.54, 1.807) is 24.3 Å². The zero-order valence-electron chi connectivity index (χ0n) is 13.3. The molecule has 0 saturated heterocycles. The Morgan fingerprint density at radius 1 is 1.21 bits per heavy atom. The maximum absolute atomic E-state index is 12.0. The SMILES string of the molecule is CCS(=O)(=O)c1ccc(O)c(N(C(N)=O)c2ccc(OC)cc2)c1. The number of nitrogens with two attached hydrogens (primary N) is 1. The Morgan fingerprint density at radius 2 is 1.83 bits per heavy atom. The average molecular weight is 350 g/mol. The Bertz CT molecular complexity index is 847. The van der Waals surface area contributed by atoms with Gasteiger partial charge in [-0.15, -0.1) is 0 Å². The lowest BCUT2D eigenvalue weighted by atomic mass is 10.2. The van der Waals surface area contributed by atoms with Gasteiger partial charge in [-0.2, -0.15) is 0 Å². The fourth-order valence-electron chi connectivity index (χ4n) is 2.16. The van der Waals surface area contributed by atoms with Crippen LogP contribution in [-0.2, 0) is 9.84 Å². The molecular formula is C16H18N2O5S. The lowest BCUT2D eigenvalue weighted by molar-refractivity contribution is 0.256. The quantitative estimate of drug-likeness (QED) is 0.860. The summed E-state index contributed by atoms with van der Waals surface area (Å²) in [4.78, 5) is 12.9. The number of carbonyl (C=O) groups is 1. The fraction of sp³-hybridized carbons (Fsp3) is 0.188. The van der Waals surface area contributed by atoms with E-state index in [4.69, 9.17) is 10.5 Å². The van der Waals surface area contributed by atoms with Gasteiger partial charge in [-0.05, 0) is 42.5 Å². The molecular weight excluding hydrogens is 332 g/mol. The van der Waals surface area contributed by atoms with Crippen LogP contribution >= 0.6 is 0 Å². The van der Waals surface area contributed by atoms with Crippen LogP contribution in [0.2, 0.25) is 0 Å². The topological polar surface area (TPSA) is 110 Å². The summed E-state index contributed by atoms with van der Waals surface area (Å²) in [5.41, 5.74) is 5.78. The van der Waals surface area contributed by atoms with Gasteiger partial charge in [0.1, 0.15) is 11.5 Å². The van der Waals surface area contributed by atoms with E-state index in [0.29, 0.717) is 11.4 Å². The van der Waals surface area contributed by atoms with Gasteiger partial charge in [0.15, 0.2) is 9.84 Å². The number of aromatic hydroxyl groups is 1. The molecule has 0 aromatic heterocycles. The van der Waals surface area contributed by atoms with Crippen LogP contribution in [0.4, 0.5) is 16.2 Å². The summed E-state index contributed by atoms with van der Waals surface area (Å²) in [6.07, 6.45) is 0. The van der Waals surface area contributed by atoms with Crippen LogP contribution in [0.5, 0.6) is 11.5 Å². The molecule has 7 nitrogen and oxygen atoms in total. The predicted octanol–water partition coefficient (Wildman–Crippen LogP) is 2.41. The number of urea groups is 1. The first kappa shape index (κ1) is 17.6. The summed E-state index contributed by atoms with van der Waals surface area (Å²) in [6.45, 7) is 1.51. The van der Waals surface area contributed by atoms with Crippen molar-refractivity contribution in [3.05, 3.63) is 42.5 Å². The Hall–Kier alpha value is -2.74. The van der Waals surface area contributed by atoms with Gasteiger partial charge in [0.05, 0.1) is 29.1 Å². The second-order valence-corrected chi connectivity index (χ2v) is 7.20. The Balaban J connectivity index is 2.59. The number of sulfone groups is 1. The molecule has 2 amide bonds. The van der Waals surface area contributed by atoms with Crippen molar-refractivity contribution in [2.45, 2.75) is 11.8 Å².